The van der Waals surface area contributed by atoms with E-state index in [-0.39, 0.29) is 0 Å². The average Bonchev–Trinajstić information content (AvgIpc) is 1.95. The van der Waals surface area contributed by atoms with E-state index < -0.39 is 0 Å². The molecular weight excluding hydrogens is 144 g/mol. The largest absolute Gasteiger partial charge is 0.126 e. The van der Waals surface area contributed by atoms with Crippen molar-refractivity contribution in [3.8, 4) is 0 Å². The van der Waals surface area contributed by atoms with Gasteiger partial charge >= 0.3 is 0 Å². The number of alkyl halides is 1. The van der Waals surface area contributed by atoms with Crippen LogP contribution in [0.15, 0.2) is 24.2 Å². The van der Waals surface area contributed by atoms with Gasteiger partial charge in [0.1, 0.15) is 0 Å². The molecule has 0 saturated heterocycles. The van der Waals surface area contributed by atoms with Gasteiger partial charge in [0.25, 0.3) is 0 Å². The molecule has 0 nitrogen and oxygen atoms in total. The van der Waals surface area contributed by atoms with Gasteiger partial charge in [0.15, 0.2) is 0 Å². The molecule has 0 N–H and O–H groups in total. The molecule has 1 heteroatoms. The molecule has 0 atom stereocenters. The standard InChI is InChI=1S/C9H11Cl/c1-8-2-4-9(5-3-8)6-7-10/h2-5H,6-7H2,1H3/i4D. The Morgan fingerprint density at radius 1 is 1.50 bits per heavy atom. The lowest BCUT2D eigenvalue weighted by atomic mass is 10.1. The highest BCUT2D eigenvalue weighted by molar-refractivity contribution is 6.17. The van der Waals surface area contributed by atoms with E-state index in [4.69, 9.17) is 13.0 Å². The molecule has 0 aromatic heterocycles. The fourth-order valence-corrected chi connectivity index (χ4v) is 0.996. The molecule has 0 aliphatic heterocycles. The molecule has 10 heavy (non-hydrogen) atoms. The Bertz CT molecular complexity index is 245. The number of halogens is 1. The number of hydrogen-bond acceptors (Lipinski definition) is 0. The molecular formula is C9H11Cl. The average molecular weight is 156 g/mol. The fraction of sp³-hybridized carbons (Fsp3) is 0.333. The van der Waals surface area contributed by atoms with Crippen LogP contribution in [0.3, 0.4) is 0 Å². The van der Waals surface area contributed by atoms with E-state index in [1.54, 1.807) is 0 Å². The van der Waals surface area contributed by atoms with Crippen LogP contribution in [0.5, 0.6) is 0 Å². The van der Waals surface area contributed by atoms with Crippen LogP contribution in [-0.4, -0.2) is 5.88 Å². The van der Waals surface area contributed by atoms with Crippen LogP contribution in [0, 0.1) is 6.92 Å². The molecule has 0 heterocycles. The van der Waals surface area contributed by atoms with Crippen molar-refractivity contribution in [3.63, 3.8) is 0 Å². The molecule has 0 aliphatic carbocycles. The summed E-state index contributed by atoms with van der Waals surface area (Å²) in [5.41, 5.74) is 2.17. The molecule has 1 aromatic rings. The van der Waals surface area contributed by atoms with Gasteiger partial charge in [-0.05, 0) is 18.9 Å². The van der Waals surface area contributed by atoms with Crippen LogP contribution in [-0.2, 0) is 6.42 Å². The normalized spacial score (nSPS) is 11.2. The zero-order chi connectivity index (χ0) is 8.27. The fourth-order valence-electron chi connectivity index (χ4n) is 0.792. The second kappa shape index (κ2) is 3.62. The molecule has 0 fully saturated rings. The molecule has 0 spiro atoms. The first kappa shape index (κ1) is 6.23. The van der Waals surface area contributed by atoms with E-state index >= 15 is 0 Å². The molecule has 0 bridgehead atoms. The Hall–Kier alpha value is -0.490. The minimum absolute atomic E-state index is 0.592. The van der Waals surface area contributed by atoms with Crippen molar-refractivity contribution < 1.29 is 1.37 Å². The van der Waals surface area contributed by atoms with Crippen molar-refractivity contribution in [2.45, 2.75) is 13.3 Å². The summed E-state index contributed by atoms with van der Waals surface area (Å²) in [7, 11) is 0. The zero-order valence-electron chi connectivity index (χ0n) is 7.02. The Morgan fingerprint density at radius 3 is 2.90 bits per heavy atom. The van der Waals surface area contributed by atoms with Crippen LogP contribution in [0.25, 0.3) is 0 Å². The lowest BCUT2D eigenvalue weighted by Crippen LogP contribution is -1.84. The third kappa shape index (κ3) is 2.03. The second-order valence-corrected chi connectivity index (χ2v) is 2.71. The van der Waals surface area contributed by atoms with Gasteiger partial charge in [0.2, 0.25) is 0 Å². The Labute approximate surface area is 68.2 Å². The summed E-state index contributed by atoms with van der Waals surface area (Å²) >= 11 is 5.56. The van der Waals surface area contributed by atoms with E-state index in [2.05, 4.69) is 0 Å². The van der Waals surface area contributed by atoms with Crippen molar-refractivity contribution in [1.82, 2.24) is 0 Å². The predicted octanol–water partition coefficient (Wildman–Crippen LogP) is 2.78. The molecule has 0 unspecified atom stereocenters. The maximum absolute atomic E-state index is 7.56. The van der Waals surface area contributed by atoms with Crippen LogP contribution in [0.2, 0.25) is 0 Å². The van der Waals surface area contributed by atoms with E-state index in [1.165, 1.54) is 0 Å². The van der Waals surface area contributed by atoms with Crippen LogP contribution in [0.1, 0.15) is 12.5 Å². The number of aryl methyl sites for hydroxylation is 2. The topological polar surface area (TPSA) is 0 Å². The SMILES string of the molecule is [2H]c1cc(C)ccc1CCCl. The Morgan fingerprint density at radius 2 is 2.30 bits per heavy atom. The quantitative estimate of drug-likeness (QED) is 0.577. The third-order valence-corrected chi connectivity index (χ3v) is 1.59. The van der Waals surface area contributed by atoms with Gasteiger partial charge in [-0.3, -0.25) is 0 Å². The van der Waals surface area contributed by atoms with Crippen molar-refractivity contribution in [2.24, 2.45) is 0 Å². The summed E-state index contributed by atoms with van der Waals surface area (Å²) in [6.45, 7) is 1.99. The molecule has 0 saturated carbocycles. The molecule has 0 radical (unpaired) electrons. The summed E-state index contributed by atoms with van der Waals surface area (Å²) in [6.07, 6.45) is 0.792. The summed E-state index contributed by atoms with van der Waals surface area (Å²) in [5.74, 6) is 0.592. The van der Waals surface area contributed by atoms with Crippen molar-refractivity contribution in [2.75, 3.05) is 5.88 Å². The molecule has 54 valence electrons. The van der Waals surface area contributed by atoms with Gasteiger partial charge in [-0.1, -0.05) is 29.8 Å². The first-order chi connectivity index (χ1) is 5.24. The summed E-state index contributed by atoms with van der Waals surface area (Å²) in [5, 5.41) is 0. The lowest BCUT2D eigenvalue weighted by Gasteiger charge is -1.96. The second-order valence-electron chi connectivity index (χ2n) is 2.33. The number of hydrogen-bond donors (Lipinski definition) is 0. The Kier molecular flexibility index (Phi) is 2.26. The van der Waals surface area contributed by atoms with Crippen LogP contribution < -0.4 is 0 Å². The van der Waals surface area contributed by atoms with E-state index in [0.717, 1.165) is 17.5 Å². The van der Waals surface area contributed by atoms with Crippen LogP contribution >= 0.6 is 11.6 Å². The molecule has 1 rings (SSSR count). The van der Waals surface area contributed by atoms with Gasteiger partial charge in [-0.15, -0.1) is 11.6 Å². The number of benzene rings is 1. The maximum atomic E-state index is 7.56. The van der Waals surface area contributed by atoms with Gasteiger partial charge in [0.05, 0.1) is 1.37 Å². The number of rotatable bonds is 2. The zero-order valence-corrected chi connectivity index (χ0v) is 6.78. The van der Waals surface area contributed by atoms with Gasteiger partial charge in [-0.25, -0.2) is 0 Å². The Balaban J connectivity index is 2.90. The first-order valence-electron chi connectivity index (χ1n) is 3.86. The maximum Gasteiger partial charge on any atom is 0.0626 e. The molecule has 0 amide bonds. The minimum atomic E-state index is 0.592. The van der Waals surface area contributed by atoms with Crippen molar-refractivity contribution >= 4 is 11.6 Å². The highest BCUT2D eigenvalue weighted by Crippen LogP contribution is 2.03. The lowest BCUT2D eigenvalue weighted by molar-refractivity contribution is 1.14. The summed E-state index contributed by atoms with van der Waals surface area (Å²) in [6, 6.07) is 6.45. The summed E-state index contributed by atoms with van der Waals surface area (Å²) < 4.78 is 7.56. The molecule has 1 aromatic carbocycles. The van der Waals surface area contributed by atoms with Crippen molar-refractivity contribution in [1.29, 1.82) is 0 Å². The van der Waals surface area contributed by atoms with Gasteiger partial charge in [-0.2, -0.15) is 0 Å². The predicted molar refractivity (Wildman–Crippen MR) is 45.6 cm³/mol. The highest BCUT2D eigenvalue weighted by atomic mass is 35.5. The minimum Gasteiger partial charge on any atom is -0.126 e. The first-order valence-corrected chi connectivity index (χ1v) is 3.89. The smallest absolute Gasteiger partial charge is 0.0626 e. The van der Waals surface area contributed by atoms with Gasteiger partial charge in [0, 0.05) is 5.88 Å². The van der Waals surface area contributed by atoms with E-state index in [9.17, 15) is 0 Å². The monoisotopic (exact) mass is 155 g/mol. The van der Waals surface area contributed by atoms with E-state index in [0.29, 0.717) is 11.9 Å². The third-order valence-electron chi connectivity index (χ3n) is 1.40. The molecule has 0 aliphatic rings. The van der Waals surface area contributed by atoms with Crippen molar-refractivity contribution in [3.05, 3.63) is 35.4 Å². The highest BCUT2D eigenvalue weighted by Gasteiger charge is 1.88. The summed E-state index contributed by atoms with van der Waals surface area (Å²) in [4.78, 5) is 0. The van der Waals surface area contributed by atoms with Crippen LogP contribution in [0.4, 0.5) is 0 Å². The van der Waals surface area contributed by atoms with Gasteiger partial charge < -0.3 is 0 Å². The van der Waals surface area contributed by atoms with E-state index in [1.807, 2.05) is 25.1 Å².